The first-order valence-electron chi connectivity index (χ1n) is 2.80. The zero-order chi connectivity index (χ0) is 5.82. The third kappa shape index (κ3) is 1.24. The molecule has 1 rings (SSSR count). The van der Waals surface area contributed by atoms with Crippen LogP contribution in [0.2, 0.25) is 0 Å². The maximum absolute atomic E-state index is 5.08. The first kappa shape index (κ1) is 5.65. The van der Waals surface area contributed by atoms with Crippen LogP contribution in [0.25, 0.3) is 0 Å². The third-order valence-electron chi connectivity index (χ3n) is 1.30. The molecule has 1 heterocycles. The summed E-state index contributed by atoms with van der Waals surface area (Å²) in [6.45, 7) is 1.70. The second-order valence-electron chi connectivity index (χ2n) is 1.96. The molecule has 0 spiro atoms. The first-order valence-corrected chi connectivity index (χ1v) is 2.80. The van der Waals surface area contributed by atoms with Crippen LogP contribution in [-0.4, -0.2) is 13.2 Å². The Labute approximate surface area is 50.0 Å². The molecule has 1 fully saturated rings. The zero-order valence-electron chi connectivity index (χ0n) is 4.76. The van der Waals surface area contributed by atoms with Crippen LogP contribution >= 0.6 is 0 Å². The van der Waals surface area contributed by atoms with Crippen LogP contribution in [0.15, 0.2) is 0 Å². The Morgan fingerprint density at radius 1 is 1.75 bits per heavy atom. The summed E-state index contributed by atoms with van der Waals surface area (Å²) >= 11 is 0. The number of hydrogen-bond donors (Lipinski definition) is 0. The summed E-state index contributed by atoms with van der Waals surface area (Å²) in [5.74, 6) is 3.03. The van der Waals surface area contributed by atoms with E-state index in [4.69, 9.17) is 11.2 Å². The molecule has 1 aliphatic heterocycles. The van der Waals surface area contributed by atoms with Crippen molar-refractivity contribution in [2.45, 2.75) is 6.42 Å². The number of hydrogen-bond acceptors (Lipinski definition) is 1. The van der Waals surface area contributed by atoms with Gasteiger partial charge in [-0.25, -0.2) is 0 Å². The summed E-state index contributed by atoms with van der Waals surface area (Å²) < 4.78 is 5.08. The predicted molar refractivity (Wildman–Crippen MR) is 32.1 cm³/mol. The van der Waals surface area contributed by atoms with Crippen molar-refractivity contribution in [3.8, 4) is 12.3 Å². The van der Waals surface area contributed by atoms with Gasteiger partial charge in [-0.05, 0) is 12.3 Å². The molecule has 1 heteroatoms. The molecule has 1 saturated heterocycles. The van der Waals surface area contributed by atoms with Gasteiger partial charge in [-0.2, -0.15) is 0 Å². The highest BCUT2D eigenvalue weighted by Crippen LogP contribution is 2.13. The minimum Gasteiger partial charge on any atom is -0.381 e. The Hall–Kier alpha value is -0.480. The van der Waals surface area contributed by atoms with E-state index in [1.807, 2.05) is 6.42 Å². The summed E-state index contributed by atoms with van der Waals surface area (Å²) in [6.07, 6.45) is 8.02. The van der Waals surface area contributed by atoms with E-state index in [9.17, 15) is 0 Å². The van der Waals surface area contributed by atoms with E-state index in [1.165, 1.54) is 0 Å². The topological polar surface area (TPSA) is 9.23 Å². The second kappa shape index (κ2) is 2.74. The van der Waals surface area contributed by atoms with Crippen molar-refractivity contribution >= 4 is 0 Å². The Morgan fingerprint density at radius 2 is 2.62 bits per heavy atom. The lowest BCUT2D eigenvalue weighted by Gasteiger charge is -1.96. The van der Waals surface area contributed by atoms with Crippen molar-refractivity contribution < 1.29 is 4.74 Å². The molecule has 0 N–H and O–H groups in total. The normalized spacial score (nSPS) is 27.6. The molecule has 1 radical (unpaired) electrons. The minimum atomic E-state index is 0.528. The fourth-order valence-electron chi connectivity index (χ4n) is 0.820. The summed E-state index contributed by atoms with van der Waals surface area (Å²) in [6, 6.07) is 0. The summed E-state index contributed by atoms with van der Waals surface area (Å²) in [5.41, 5.74) is 0. The maximum atomic E-state index is 5.08. The molecule has 0 aromatic heterocycles. The Morgan fingerprint density at radius 3 is 3.12 bits per heavy atom. The van der Waals surface area contributed by atoms with Crippen molar-refractivity contribution in [1.29, 1.82) is 0 Å². The van der Waals surface area contributed by atoms with Crippen molar-refractivity contribution in [2.75, 3.05) is 13.2 Å². The first-order chi connectivity index (χ1) is 3.93. The highest BCUT2D eigenvalue weighted by atomic mass is 16.5. The largest absolute Gasteiger partial charge is 0.381 e. The molecule has 0 aromatic carbocycles. The molecule has 1 nitrogen and oxygen atoms in total. The van der Waals surface area contributed by atoms with E-state index in [1.54, 1.807) is 0 Å². The SMILES string of the molecule is C#C[CH]C1CCOC1. The molecule has 0 bridgehead atoms. The van der Waals surface area contributed by atoms with Gasteiger partial charge in [0.15, 0.2) is 0 Å². The van der Waals surface area contributed by atoms with Crippen molar-refractivity contribution in [1.82, 2.24) is 0 Å². The van der Waals surface area contributed by atoms with E-state index in [-0.39, 0.29) is 0 Å². The predicted octanol–water partition coefficient (Wildman–Crippen LogP) is 0.860. The third-order valence-corrected chi connectivity index (χ3v) is 1.30. The van der Waals surface area contributed by atoms with Crippen LogP contribution in [0.5, 0.6) is 0 Å². The standard InChI is InChI=1S/C7H9O/c1-2-3-7-4-5-8-6-7/h1,3,7H,4-6H2. The van der Waals surface area contributed by atoms with E-state index in [0.717, 1.165) is 19.6 Å². The highest BCUT2D eigenvalue weighted by molar-refractivity contribution is 5.04. The summed E-state index contributed by atoms with van der Waals surface area (Å²) in [7, 11) is 0. The van der Waals surface area contributed by atoms with Gasteiger partial charge < -0.3 is 4.74 Å². The van der Waals surface area contributed by atoms with Crippen LogP contribution in [0.4, 0.5) is 0 Å². The van der Waals surface area contributed by atoms with Gasteiger partial charge in [0.1, 0.15) is 0 Å². The van der Waals surface area contributed by atoms with Crippen molar-refractivity contribution in [3.63, 3.8) is 0 Å². The molecule has 0 aliphatic carbocycles. The lowest BCUT2D eigenvalue weighted by molar-refractivity contribution is 0.190. The molecular formula is C7H9O. The van der Waals surface area contributed by atoms with E-state index in [2.05, 4.69) is 5.92 Å². The molecule has 8 heavy (non-hydrogen) atoms. The average Bonchev–Trinajstić information content (AvgIpc) is 2.19. The van der Waals surface area contributed by atoms with Gasteiger partial charge in [-0.15, -0.1) is 12.3 Å². The van der Waals surface area contributed by atoms with Crippen LogP contribution in [-0.2, 0) is 4.74 Å². The molecule has 1 atom stereocenters. The van der Waals surface area contributed by atoms with Crippen molar-refractivity contribution in [3.05, 3.63) is 6.42 Å². The van der Waals surface area contributed by atoms with Gasteiger partial charge in [0, 0.05) is 13.0 Å². The maximum Gasteiger partial charge on any atom is 0.0507 e. The van der Waals surface area contributed by atoms with E-state index >= 15 is 0 Å². The molecule has 43 valence electrons. The van der Waals surface area contributed by atoms with Gasteiger partial charge >= 0.3 is 0 Å². The number of rotatable bonds is 1. The van der Waals surface area contributed by atoms with E-state index < -0.39 is 0 Å². The number of terminal acetylenes is 1. The summed E-state index contributed by atoms with van der Waals surface area (Å²) in [4.78, 5) is 0. The van der Waals surface area contributed by atoms with Gasteiger partial charge in [0.2, 0.25) is 0 Å². The molecule has 0 aromatic rings. The Kier molecular flexibility index (Phi) is 1.93. The van der Waals surface area contributed by atoms with Crippen LogP contribution < -0.4 is 0 Å². The monoisotopic (exact) mass is 109 g/mol. The van der Waals surface area contributed by atoms with Crippen LogP contribution in [0.1, 0.15) is 6.42 Å². The van der Waals surface area contributed by atoms with Gasteiger partial charge in [0.25, 0.3) is 0 Å². The lowest BCUT2D eigenvalue weighted by atomic mass is 10.1. The molecular weight excluding hydrogens is 100 g/mol. The van der Waals surface area contributed by atoms with Crippen molar-refractivity contribution in [2.24, 2.45) is 5.92 Å². The van der Waals surface area contributed by atoms with E-state index in [0.29, 0.717) is 5.92 Å². The van der Waals surface area contributed by atoms with Crippen LogP contribution in [0, 0.1) is 24.7 Å². The molecule has 0 amide bonds. The summed E-state index contributed by atoms with van der Waals surface area (Å²) in [5, 5.41) is 0. The quantitative estimate of drug-likeness (QED) is 0.454. The average molecular weight is 109 g/mol. The smallest absolute Gasteiger partial charge is 0.0507 e. The second-order valence-corrected chi connectivity index (χ2v) is 1.96. The molecule has 0 saturated carbocycles. The number of ether oxygens (including phenoxy) is 1. The van der Waals surface area contributed by atoms with Gasteiger partial charge in [-0.3, -0.25) is 0 Å². The lowest BCUT2D eigenvalue weighted by Crippen LogP contribution is -1.96. The zero-order valence-corrected chi connectivity index (χ0v) is 4.76. The van der Waals surface area contributed by atoms with Gasteiger partial charge in [0.05, 0.1) is 6.61 Å². The fraction of sp³-hybridized carbons (Fsp3) is 0.571. The van der Waals surface area contributed by atoms with Gasteiger partial charge in [-0.1, -0.05) is 0 Å². The highest BCUT2D eigenvalue weighted by Gasteiger charge is 2.13. The minimum absolute atomic E-state index is 0.528. The molecule has 1 unspecified atom stereocenters. The Balaban J connectivity index is 2.17. The molecule has 1 aliphatic rings. The Bertz CT molecular complexity index is 95.4. The fourth-order valence-corrected chi connectivity index (χ4v) is 0.820. The van der Waals surface area contributed by atoms with Crippen LogP contribution in [0.3, 0.4) is 0 Å².